The summed E-state index contributed by atoms with van der Waals surface area (Å²) in [5, 5.41) is -0.282. The third-order valence-corrected chi connectivity index (χ3v) is 4.28. The van der Waals surface area contributed by atoms with Crippen LogP contribution in [0, 0.1) is 13.8 Å². The number of halogens is 2. The van der Waals surface area contributed by atoms with Gasteiger partial charge in [0.25, 0.3) is 0 Å². The monoisotopic (exact) mass is 328 g/mol. The molecule has 0 fully saturated rings. The van der Waals surface area contributed by atoms with E-state index >= 15 is 0 Å². The first-order valence-corrected chi connectivity index (χ1v) is 6.79. The fraction of sp³-hybridized carbons (Fsp3) is 0.286. The van der Waals surface area contributed by atoms with Gasteiger partial charge < -0.3 is 9.15 Å². The maximum Gasteiger partial charge on any atom is 0.124 e. The Labute approximate surface area is 120 Å². The summed E-state index contributed by atoms with van der Waals surface area (Å²) in [7, 11) is 1.65. The van der Waals surface area contributed by atoms with Crippen LogP contribution in [0.1, 0.15) is 27.8 Å². The van der Waals surface area contributed by atoms with E-state index in [1.165, 1.54) is 0 Å². The number of aryl methyl sites for hydroxylation is 2. The summed E-state index contributed by atoms with van der Waals surface area (Å²) < 4.78 is 11.7. The van der Waals surface area contributed by atoms with E-state index in [2.05, 4.69) is 15.9 Å². The molecule has 96 valence electrons. The minimum absolute atomic E-state index is 0.282. The first-order chi connectivity index (χ1) is 8.54. The first-order valence-electron chi connectivity index (χ1n) is 5.56. The Balaban J connectivity index is 2.50. The van der Waals surface area contributed by atoms with Crippen molar-refractivity contribution in [3.05, 3.63) is 51.4 Å². The van der Waals surface area contributed by atoms with E-state index in [0.29, 0.717) is 0 Å². The largest absolute Gasteiger partial charge is 0.496 e. The van der Waals surface area contributed by atoms with Crippen LogP contribution in [0.5, 0.6) is 5.75 Å². The van der Waals surface area contributed by atoms with Gasteiger partial charge in [-0.3, -0.25) is 0 Å². The van der Waals surface area contributed by atoms with Crippen molar-refractivity contribution in [3.8, 4) is 5.75 Å². The number of ether oxygens (including phenoxy) is 1. The zero-order chi connectivity index (χ0) is 13.3. The molecular formula is C14H14BrClO2. The highest BCUT2D eigenvalue weighted by molar-refractivity contribution is 9.10. The Hall–Kier alpha value is -0.930. The summed E-state index contributed by atoms with van der Waals surface area (Å²) >= 11 is 10.0. The predicted octanol–water partition coefficient (Wildman–Crippen LogP) is 5.00. The lowest BCUT2D eigenvalue weighted by atomic mass is 10.0. The molecule has 0 saturated carbocycles. The van der Waals surface area contributed by atoms with Gasteiger partial charge in [0, 0.05) is 15.6 Å². The van der Waals surface area contributed by atoms with Gasteiger partial charge in [-0.05, 0) is 37.6 Å². The lowest BCUT2D eigenvalue weighted by molar-refractivity contribution is 0.409. The fourth-order valence-electron chi connectivity index (χ4n) is 1.87. The van der Waals surface area contributed by atoms with Crippen molar-refractivity contribution >= 4 is 27.5 Å². The van der Waals surface area contributed by atoms with Crippen LogP contribution in [0.2, 0.25) is 0 Å². The van der Waals surface area contributed by atoms with Gasteiger partial charge >= 0.3 is 0 Å². The van der Waals surface area contributed by atoms with Crippen molar-refractivity contribution in [1.82, 2.24) is 0 Å². The van der Waals surface area contributed by atoms with E-state index in [4.69, 9.17) is 20.8 Å². The first kappa shape index (κ1) is 13.5. The second kappa shape index (κ2) is 5.37. The number of rotatable bonds is 3. The molecule has 4 heteroatoms. The molecular weight excluding hydrogens is 316 g/mol. The summed E-state index contributed by atoms with van der Waals surface area (Å²) in [5.74, 6) is 1.62. The van der Waals surface area contributed by atoms with Gasteiger partial charge in [-0.2, -0.15) is 0 Å². The topological polar surface area (TPSA) is 22.4 Å². The molecule has 0 aliphatic carbocycles. The molecule has 0 bridgehead atoms. The standard InChI is InChI=1S/C14H14BrClO2/c1-8-6-13(17-3)11(7-12(8)15)14(16)10-4-5-18-9(10)2/h4-7,14H,1-3H3. The molecule has 0 amide bonds. The van der Waals surface area contributed by atoms with Crippen LogP contribution in [0.3, 0.4) is 0 Å². The molecule has 0 spiro atoms. The molecule has 0 saturated heterocycles. The van der Waals surface area contributed by atoms with Crippen LogP contribution in [-0.2, 0) is 0 Å². The molecule has 1 atom stereocenters. The van der Waals surface area contributed by atoms with Crippen molar-refractivity contribution in [2.24, 2.45) is 0 Å². The second-order valence-corrected chi connectivity index (χ2v) is 5.43. The van der Waals surface area contributed by atoms with E-state index in [1.54, 1.807) is 13.4 Å². The highest BCUT2D eigenvalue weighted by atomic mass is 79.9. The van der Waals surface area contributed by atoms with E-state index in [0.717, 1.165) is 32.7 Å². The second-order valence-electron chi connectivity index (χ2n) is 4.14. The average Bonchev–Trinajstić information content (AvgIpc) is 2.77. The molecule has 2 nitrogen and oxygen atoms in total. The van der Waals surface area contributed by atoms with Crippen molar-refractivity contribution < 1.29 is 9.15 Å². The molecule has 0 aliphatic rings. The lowest BCUT2D eigenvalue weighted by Gasteiger charge is -2.15. The Morgan fingerprint density at radius 1 is 1.28 bits per heavy atom. The Kier molecular flexibility index (Phi) is 4.03. The van der Waals surface area contributed by atoms with E-state index < -0.39 is 0 Å². The summed E-state index contributed by atoms with van der Waals surface area (Å²) in [5.41, 5.74) is 3.01. The smallest absolute Gasteiger partial charge is 0.124 e. The van der Waals surface area contributed by atoms with Gasteiger partial charge in [-0.25, -0.2) is 0 Å². The van der Waals surface area contributed by atoms with Crippen LogP contribution in [0.25, 0.3) is 0 Å². The number of hydrogen-bond donors (Lipinski definition) is 0. The maximum absolute atomic E-state index is 6.53. The SMILES string of the molecule is COc1cc(C)c(Br)cc1C(Cl)c1ccoc1C. The minimum atomic E-state index is -0.282. The van der Waals surface area contributed by atoms with E-state index in [9.17, 15) is 0 Å². The summed E-state index contributed by atoms with van der Waals surface area (Å²) in [6.45, 7) is 3.92. The molecule has 2 rings (SSSR count). The van der Waals surface area contributed by atoms with Crippen LogP contribution in [0.15, 0.2) is 33.4 Å². The van der Waals surface area contributed by atoms with Crippen LogP contribution in [0.4, 0.5) is 0 Å². The normalized spacial score (nSPS) is 12.5. The number of methoxy groups -OCH3 is 1. The van der Waals surface area contributed by atoms with Crippen molar-refractivity contribution in [3.63, 3.8) is 0 Å². The Morgan fingerprint density at radius 2 is 2.00 bits per heavy atom. The van der Waals surface area contributed by atoms with Gasteiger partial charge in [0.2, 0.25) is 0 Å². The van der Waals surface area contributed by atoms with Gasteiger partial charge in [0.15, 0.2) is 0 Å². The Bertz CT molecular complexity index is 563. The molecule has 2 aromatic rings. The highest BCUT2D eigenvalue weighted by Crippen LogP contribution is 2.39. The van der Waals surface area contributed by atoms with Gasteiger partial charge in [-0.1, -0.05) is 15.9 Å². The van der Waals surface area contributed by atoms with Crippen LogP contribution >= 0.6 is 27.5 Å². The van der Waals surface area contributed by atoms with Crippen LogP contribution in [-0.4, -0.2) is 7.11 Å². The lowest BCUT2D eigenvalue weighted by Crippen LogP contribution is -1.99. The van der Waals surface area contributed by atoms with Gasteiger partial charge in [0.1, 0.15) is 11.5 Å². The third-order valence-electron chi connectivity index (χ3n) is 2.96. The van der Waals surface area contributed by atoms with Crippen molar-refractivity contribution in [2.75, 3.05) is 7.11 Å². The number of benzene rings is 1. The number of hydrogen-bond acceptors (Lipinski definition) is 2. The zero-order valence-corrected chi connectivity index (χ0v) is 12.8. The molecule has 0 N–H and O–H groups in total. The molecule has 1 heterocycles. The summed E-state index contributed by atoms with van der Waals surface area (Å²) in [4.78, 5) is 0. The number of alkyl halides is 1. The summed E-state index contributed by atoms with van der Waals surface area (Å²) in [6, 6.07) is 5.86. The quantitative estimate of drug-likeness (QED) is 0.740. The molecule has 1 unspecified atom stereocenters. The average molecular weight is 330 g/mol. The molecule has 1 aromatic carbocycles. The van der Waals surface area contributed by atoms with Crippen LogP contribution < -0.4 is 4.74 Å². The van der Waals surface area contributed by atoms with E-state index in [-0.39, 0.29) is 5.38 Å². The summed E-state index contributed by atoms with van der Waals surface area (Å²) in [6.07, 6.45) is 1.65. The molecule has 0 aliphatic heterocycles. The zero-order valence-electron chi connectivity index (χ0n) is 10.5. The van der Waals surface area contributed by atoms with Gasteiger partial charge in [0.05, 0.1) is 18.8 Å². The van der Waals surface area contributed by atoms with E-state index in [1.807, 2.05) is 32.0 Å². The minimum Gasteiger partial charge on any atom is -0.496 e. The van der Waals surface area contributed by atoms with Crippen molar-refractivity contribution in [1.29, 1.82) is 0 Å². The molecule has 0 radical (unpaired) electrons. The maximum atomic E-state index is 6.53. The molecule has 18 heavy (non-hydrogen) atoms. The highest BCUT2D eigenvalue weighted by Gasteiger charge is 2.20. The molecule has 1 aromatic heterocycles. The third kappa shape index (κ3) is 2.43. The van der Waals surface area contributed by atoms with Gasteiger partial charge in [-0.15, -0.1) is 11.6 Å². The number of furan rings is 1. The predicted molar refractivity (Wildman–Crippen MR) is 76.6 cm³/mol. The van der Waals surface area contributed by atoms with Crippen molar-refractivity contribution in [2.45, 2.75) is 19.2 Å². The Morgan fingerprint density at radius 3 is 2.56 bits per heavy atom. The fourth-order valence-corrected chi connectivity index (χ4v) is 2.63.